The van der Waals surface area contributed by atoms with E-state index in [9.17, 15) is 9.59 Å². The van der Waals surface area contributed by atoms with E-state index in [-0.39, 0.29) is 12.4 Å². The van der Waals surface area contributed by atoms with Crippen molar-refractivity contribution in [3.05, 3.63) is 29.8 Å². The lowest BCUT2D eigenvalue weighted by atomic mass is 10.1. The third-order valence-electron chi connectivity index (χ3n) is 1.97. The molecule has 0 heterocycles. The molecule has 0 amide bonds. The molecule has 0 atom stereocenters. The Labute approximate surface area is 104 Å². The fourth-order valence-electron chi connectivity index (χ4n) is 1.25. The quantitative estimate of drug-likeness (QED) is 0.610. The van der Waals surface area contributed by atoms with Crippen LogP contribution in [0.5, 0.6) is 0 Å². The molecule has 0 saturated heterocycles. The lowest BCUT2D eigenvalue weighted by molar-refractivity contribution is -0.142. The van der Waals surface area contributed by atoms with Crippen LogP contribution in [0.2, 0.25) is 0 Å². The van der Waals surface area contributed by atoms with Crippen LogP contribution in [0, 0.1) is 0 Å². The van der Waals surface area contributed by atoms with Crippen LogP contribution in [0.1, 0.15) is 12.5 Å². The van der Waals surface area contributed by atoms with Crippen molar-refractivity contribution < 1.29 is 19.1 Å². The molecule has 1 aromatic carbocycles. The molecule has 0 fully saturated rings. The van der Waals surface area contributed by atoms with Crippen molar-refractivity contribution in [3.8, 4) is 0 Å². The molecule has 0 unspecified atom stereocenters. The molecule has 0 aliphatic rings. The van der Waals surface area contributed by atoms with E-state index in [2.05, 4.69) is 4.74 Å². The number of hydrogen-bond donors (Lipinski definition) is 0. The van der Waals surface area contributed by atoms with Crippen LogP contribution in [0.3, 0.4) is 0 Å². The van der Waals surface area contributed by atoms with E-state index in [0.717, 1.165) is 17.3 Å². The lowest BCUT2D eigenvalue weighted by Crippen LogP contribution is -2.08. The van der Waals surface area contributed by atoms with Crippen molar-refractivity contribution >= 4 is 23.0 Å². The normalized spacial score (nSPS) is 9.76. The van der Waals surface area contributed by atoms with Crippen LogP contribution >= 0.6 is 11.8 Å². The van der Waals surface area contributed by atoms with Gasteiger partial charge in [-0.1, -0.05) is 18.2 Å². The molecule has 5 heteroatoms. The van der Waals surface area contributed by atoms with Crippen molar-refractivity contribution in [1.82, 2.24) is 0 Å². The minimum atomic E-state index is -0.402. The number of methoxy groups -OCH3 is 1. The van der Waals surface area contributed by atoms with E-state index in [0.29, 0.717) is 11.5 Å². The summed E-state index contributed by atoms with van der Waals surface area (Å²) in [6.45, 7) is 2.11. The second-order valence-electron chi connectivity index (χ2n) is 3.15. The molecule has 0 bridgehead atoms. The number of thioether (sulfide) groups is 1. The first-order valence-electron chi connectivity index (χ1n) is 5.16. The summed E-state index contributed by atoms with van der Waals surface area (Å²) >= 11 is 0.961. The molecule has 0 aliphatic carbocycles. The maximum absolute atomic E-state index is 11.4. The monoisotopic (exact) mass is 254 g/mol. The first-order chi connectivity index (χ1) is 8.17. The Bertz CT molecular complexity index is 403. The summed E-state index contributed by atoms with van der Waals surface area (Å²) in [7, 11) is 1.32. The third kappa shape index (κ3) is 4.48. The zero-order chi connectivity index (χ0) is 12.7. The molecule has 1 aromatic rings. The van der Waals surface area contributed by atoms with Gasteiger partial charge in [-0.15, -0.1) is 0 Å². The Morgan fingerprint density at radius 3 is 2.65 bits per heavy atom. The van der Waals surface area contributed by atoms with Gasteiger partial charge in [-0.2, -0.15) is 0 Å². The van der Waals surface area contributed by atoms with E-state index in [1.807, 2.05) is 6.07 Å². The van der Waals surface area contributed by atoms with Crippen LogP contribution in [0.15, 0.2) is 29.2 Å². The van der Waals surface area contributed by atoms with Gasteiger partial charge in [0, 0.05) is 4.90 Å². The first kappa shape index (κ1) is 13.6. The highest BCUT2D eigenvalue weighted by Gasteiger charge is 2.12. The topological polar surface area (TPSA) is 52.6 Å². The summed E-state index contributed by atoms with van der Waals surface area (Å²) < 4.78 is 9.44. The average molecular weight is 254 g/mol. The van der Waals surface area contributed by atoms with Gasteiger partial charge in [0.2, 0.25) is 0 Å². The molecule has 17 heavy (non-hydrogen) atoms. The Kier molecular flexibility index (Phi) is 5.56. The summed E-state index contributed by atoms with van der Waals surface area (Å²) in [5, 5.41) is -0.402. The smallest absolute Gasteiger partial charge is 0.371 e. The van der Waals surface area contributed by atoms with E-state index in [1.165, 1.54) is 7.11 Å². The van der Waals surface area contributed by atoms with Crippen molar-refractivity contribution in [3.63, 3.8) is 0 Å². The Morgan fingerprint density at radius 2 is 2.00 bits per heavy atom. The fourth-order valence-corrected chi connectivity index (χ4v) is 1.93. The average Bonchev–Trinajstić information content (AvgIpc) is 2.31. The van der Waals surface area contributed by atoms with Crippen molar-refractivity contribution in [1.29, 1.82) is 0 Å². The summed E-state index contributed by atoms with van der Waals surface area (Å²) in [4.78, 5) is 23.3. The van der Waals surface area contributed by atoms with Crippen molar-refractivity contribution in [2.24, 2.45) is 0 Å². The van der Waals surface area contributed by atoms with Crippen LogP contribution in [0.25, 0.3) is 0 Å². The number of carbonyl (C=O) groups excluding carboxylic acids is 2. The number of hydrogen-bond acceptors (Lipinski definition) is 5. The van der Waals surface area contributed by atoms with Gasteiger partial charge in [0.1, 0.15) is 0 Å². The molecule has 0 aromatic heterocycles. The van der Waals surface area contributed by atoms with E-state index >= 15 is 0 Å². The molecule has 4 nitrogen and oxygen atoms in total. The molecule has 0 saturated carbocycles. The SMILES string of the molecule is CCOC(=O)Cc1ccccc1SC(=O)OC. The Morgan fingerprint density at radius 1 is 1.29 bits per heavy atom. The predicted molar refractivity (Wildman–Crippen MR) is 65.0 cm³/mol. The molecule has 0 N–H and O–H groups in total. The molecule has 0 spiro atoms. The van der Waals surface area contributed by atoms with Gasteiger partial charge in [0.05, 0.1) is 20.1 Å². The van der Waals surface area contributed by atoms with Gasteiger partial charge in [-0.25, -0.2) is 4.79 Å². The van der Waals surface area contributed by atoms with E-state index < -0.39 is 5.30 Å². The van der Waals surface area contributed by atoms with Gasteiger partial charge >= 0.3 is 11.3 Å². The molecular weight excluding hydrogens is 240 g/mol. The second-order valence-corrected chi connectivity index (χ2v) is 4.12. The molecule has 0 aliphatic heterocycles. The summed E-state index contributed by atoms with van der Waals surface area (Å²) in [5.41, 5.74) is 0.765. The Balaban J connectivity index is 2.77. The summed E-state index contributed by atoms with van der Waals surface area (Å²) in [5.74, 6) is -0.301. The minimum absolute atomic E-state index is 0.161. The lowest BCUT2D eigenvalue weighted by Gasteiger charge is -2.07. The largest absolute Gasteiger partial charge is 0.466 e. The summed E-state index contributed by atoms with van der Waals surface area (Å²) in [6, 6.07) is 7.19. The van der Waals surface area contributed by atoms with Gasteiger partial charge in [0.25, 0.3) is 0 Å². The molecule has 0 radical (unpaired) electrons. The molecule has 1 rings (SSSR count). The van der Waals surface area contributed by atoms with E-state index in [4.69, 9.17) is 4.74 Å². The number of benzene rings is 1. The highest BCUT2D eigenvalue weighted by atomic mass is 32.2. The molecular formula is C12H14O4S. The summed E-state index contributed by atoms with van der Waals surface area (Å²) in [6.07, 6.45) is 0.161. The third-order valence-corrected chi connectivity index (χ3v) is 2.92. The van der Waals surface area contributed by atoms with Gasteiger partial charge in [-0.05, 0) is 30.3 Å². The standard InChI is InChI=1S/C12H14O4S/c1-3-16-11(13)8-9-6-4-5-7-10(9)17-12(14)15-2/h4-7H,3,8H2,1-2H3. The van der Waals surface area contributed by atoms with Gasteiger partial charge < -0.3 is 9.47 Å². The van der Waals surface area contributed by atoms with Crippen LogP contribution in [-0.2, 0) is 20.7 Å². The maximum atomic E-state index is 11.4. The Hall–Kier alpha value is -1.49. The zero-order valence-electron chi connectivity index (χ0n) is 9.76. The van der Waals surface area contributed by atoms with Crippen molar-refractivity contribution in [2.45, 2.75) is 18.2 Å². The maximum Gasteiger partial charge on any atom is 0.371 e. The minimum Gasteiger partial charge on any atom is -0.466 e. The van der Waals surface area contributed by atoms with Crippen LogP contribution in [0.4, 0.5) is 4.79 Å². The zero-order valence-corrected chi connectivity index (χ0v) is 10.6. The first-order valence-corrected chi connectivity index (χ1v) is 5.98. The van der Waals surface area contributed by atoms with Gasteiger partial charge in [0.15, 0.2) is 0 Å². The van der Waals surface area contributed by atoms with Crippen LogP contribution in [-0.4, -0.2) is 25.0 Å². The molecule has 92 valence electrons. The number of esters is 1. The predicted octanol–water partition coefficient (Wildman–Crippen LogP) is 2.65. The van der Waals surface area contributed by atoms with Crippen LogP contribution < -0.4 is 0 Å². The number of carbonyl (C=O) groups is 2. The van der Waals surface area contributed by atoms with E-state index in [1.54, 1.807) is 25.1 Å². The van der Waals surface area contributed by atoms with Gasteiger partial charge in [-0.3, -0.25) is 4.79 Å². The number of rotatable bonds is 4. The van der Waals surface area contributed by atoms with Crippen molar-refractivity contribution in [2.75, 3.05) is 13.7 Å². The second kappa shape index (κ2) is 6.96. The number of ether oxygens (including phenoxy) is 2. The highest BCUT2D eigenvalue weighted by molar-refractivity contribution is 8.13. The fraction of sp³-hybridized carbons (Fsp3) is 0.333. The highest BCUT2D eigenvalue weighted by Crippen LogP contribution is 2.24.